The van der Waals surface area contributed by atoms with Crippen LogP contribution in [0.3, 0.4) is 0 Å². The molecule has 2 aromatic heterocycles. The summed E-state index contributed by atoms with van der Waals surface area (Å²) in [6.07, 6.45) is 3.56. The number of pyridine rings is 1. The molecule has 1 aliphatic rings. The Morgan fingerprint density at radius 3 is 2.84 bits per heavy atom. The van der Waals surface area contributed by atoms with E-state index < -0.39 is 0 Å². The smallest absolute Gasteiger partial charge is 0.246 e. The van der Waals surface area contributed by atoms with Crippen LogP contribution < -0.4 is 10.2 Å². The van der Waals surface area contributed by atoms with Crippen molar-refractivity contribution in [2.45, 2.75) is 13.5 Å². The van der Waals surface area contributed by atoms with Crippen molar-refractivity contribution in [1.29, 1.82) is 0 Å². The Morgan fingerprint density at radius 1 is 1.36 bits per heavy atom. The van der Waals surface area contributed by atoms with Crippen LogP contribution >= 0.6 is 0 Å². The van der Waals surface area contributed by atoms with E-state index in [1.165, 1.54) is 0 Å². The summed E-state index contributed by atoms with van der Waals surface area (Å²) in [5, 5.41) is 7.42. The summed E-state index contributed by atoms with van der Waals surface area (Å²) in [5.41, 5.74) is 2.76. The maximum absolute atomic E-state index is 12.5. The Bertz CT molecular complexity index is 783. The van der Waals surface area contributed by atoms with Crippen molar-refractivity contribution in [3.8, 4) is 0 Å². The summed E-state index contributed by atoms with van der Waals surface area (Å²) in [4.78, 5) is 25.0. The molecule has 1 aliphatic heterocycles. The lowest BCUT2D eigenvalue weighted by Crippen LogP contribution is -2.55. The van der Waals surface area contributed by atoms with Gasteiger partial charge in [-0.25, -0.2) is 0 Å². The number of hydrogen-bond donors (Lipinski definition) is 1. The van der Waals surface area contributed by atoms with Gasteiger partial charge in [0.05, 0.1) is 24.1 Å². The second-order valence-electron chi connectivity index (χ2n) is 6.01. The number of amides is 1. The van der Waals surface area contributed by atoms with E-state index in [4.69, 9.17) is 0 Å². The van der Waals surface area contributed by atoms with Crippen LogP contribution in [0.15, 0.2) is 35.6 Å². The number of nitrogens with zero attached hydrogens (tertiary/aromatic N) is 6. The Morgan fingerprint density at radius 2 is 2.20 bits per heavy atom. The van der Waals surface area contributed by atoms with Crippen LogP contribution in [-0.2, 0) is 18.4 Å². The highest BCUT2D eigenvalue weighted by molar-refractivity contribution is 5.98. The third-order valence-corrected chi connectivity index (χ3v) is 4.11. The monoisotopic (exact) mass is 341 g/mol. The van der Waals surface area contributed by atoms with E-state index in [9.17, 15) is 4.79 Å². The van der Waals surface area contributed by atoms with Gasteiger partial charge in [0.2, 0.25) is 5.91 Å². The van der Waals surface area contributed by atoms with Crippen molar-refractivity contribution in [2.24, 2.45) is 12.0 Å². The maximum atomic E-state index is 12.5. The molecular weight excluding hydrogens is 318 g/mol. The predicted molar refractivity (Wildman–Crippen MR) is 96.3 cm³/mol. The molecule has 0 saturated carbocycles. The van der Waals surface area contributed by atoms with E-state index in [0.717, 1.165) is 17.1 Å². The Labute approximate surface area is 147 Å². The van der Waals surface area contributed by atoms with Gasteiger partial charge in [0.25, 0.3) is 0 Å². The Balaban J connectivity index is 1.60. The third-order valence-electron chi connectivity index (χ3n) is 4.11. The van der Waals surface area contributed by atoms with Gasteiger partial charge in [-0.05, 0) is 19.1 Å². The van der Waals surface area contributed by atoms with Crippen LogP contribution in [-0.4, -0.2) is 58.2 Å². The molecule has 0 radical (unpaired) electrons. The number of rotatable bonds is 3. The molecule has 8 nitrogen and oxygen atoms in total. The average Bonchev–Trinajstić information content (AvgIpc) is 3.02. The highest BCUT2D eigenvalue weighted by Crippen LogP contribution is 2.16. The number of anilines is 1. The topological polar surface area (TPSA) is 78.7 Å². The van der Waals surface area contributed by atoms with Crippen molar-refractivity contribution in [2.75, 3.05) is 31.6 Å². The molecule has 25 heavy (non-hydrogen) atoms. The molecule has 0 unspecified atom stereocenters. The van der Waals surface area contributed by atoms with E-state index in [1.807, 2.05) is 43.3 Å². The van der Waals surface area contributed by atoms with E-state index in [2.05, 4.69) is 20.4 Å². The standard InChI is InChI=1S/C17H23N7O/c1-13-5-4-6-14(21-13)9-19-17(18-2)23-7-8-24(16(25)12-23)15-10-20-22(3)11-15/h4-6,10-11H,7-9,12H2,1-3H3,(H,18,19). The Hall–Kier alpha value is -2.90. The molecule has 3 rings (SSSR count). The first-order valence-corrected chi connectivity index (χ1v) is 8.24. The highest BCUT2D eigenvalue weighted by atomic mass is 16.2. The summed E-state index contributed by atoms with van der Waals surface area (Å²) < 4.78 is 1.70. The van der Waals surface area contributed by atoms with Crippen molar-refractivity contribution in [3.63, 3.8) is 0 Å². The lowest BCUT2D eigenvalue weighted by molar-refractivity contribution is -0.120. The van der Waals surface area contributed by atoms with Crippen molar-refractivity contribution < 1.29 is 4.79 Å². The van der Waals surface area contributed by atoms with Gasteiger partial charge in [-0.2, -0.15) is 5.10 Å². The first kappa shape index (κ1) is 16.9. The zero-order valence-corrected chi connectivity index (χ0v) is 14.8. The Kier molecular flexibility index (Phi) is 4.97. The fraction of sp³-hybridized carbons (Fsp3) is 0.412. The number of carbonyl (C=O) groups is 1. The van der Waals surface area contributed by atoms with Crippen molar-refractivity contribution in [1.82, 2.24) is 25.0 Å². The SMILES string of the molecule is CN=C(NCc1cccc(C)n1)N1CCN(c2cnn(C)c2)C(=O)C1. The third kappa shape index (κ3) is 3.96. The number of aliphatic imine (C=N–C) groups is 1. The first-order valence-electron chi connectivity index (χ1n) is 8.24. The largest absolute Gasteiger partial charge is 0.351 e. The number of aromatic nitrogens is 3. The zero-order chi connectivity index (χ0) is 17.8. The molecule has 0 atom stereocenters. The maximum Gasteiger partial charge on any atom is 0.246 e. The summed E-state index contributed by atoms with van der Waals surface area (Å²) in [6, 6.07) is 5.92. The lowest BCUT2D eigenvalue weighted by atomic mass is 10.3. The molecule has 0 spiro atoms. The quantitative estimate of drug-likeness (QED) is 0.651. The van der Waals surface area contributed by atoms with Crippen LogP contribution in [0.4, 0.5) is 5.69 Å². The van der Waals surface area contributed by atoms with Crippen LogP contribution in [0.2, 0.25) is 0 Å². The first-order chi connectivity index (χ1) is 12.1. The van der Waals surface area contributed by atoms with Gasteiger partial charge >= 0.3 is 0 Å². The van der Waals surface area contributed by atoms with Crippen molar-refractivity contribution in [3.05, 3.63) is 42.0 Å². The minimum atomic E-state index is 0.0379. The van der Waals surface area contributed by atoms with Crippen LogP contribution in [0.25, 0.3) is 0 Å². The van der Waals surface area contributed by atoms with Crippen LogP contribution in [0.5, 0.6) is 0 Å². The second-order valence-corrected chi connectivity index (χ2v) is 6.01. The predicted octanol–water partition coefficient (Wildman–Crippen LogP) is 0.548. The van der Waals surface area contributed by atoms with E-state index in [1.54, 1.807) is 22.8 Å². The normalized spacial score (nSPS) is 15.6. The molecule has 1 saturated heterocycles. The fourth-order valence-corrected chi connectivity index (χ4v) is 2.87. The lowest BCUT2D eigenvalue weighted by Gasteiger charge is -2.35. The van der Waals surface area contributed by atoms with Crippen molar-refractivity contribution >= 4 is 17.6 Å². The van der Waals surface area contributed by atoms with E-state index in [-0.39, 0.29) is 12.5 Å². The fourth-order valence-electron chi connectivity index (χ4n) is 2.87. The summed E-state index contributed by atoms with van der Waals surface area (Å²) in [6.45, 7) is 4.14. The minimum absolute atomic E-state index is 0.0379. The molecule has 1 amide bonds. The minimum Gasteiger partial charge on any atom is -0.351 e. The molecule has 2 aromatic rings. The molecule has 0 aliphatic carbocycles. The summed E-state index contributed by atoms with van der Waals surface area (Å²) in [7, 11) is 3.57. The average molecular weight is 341 g/mol. The van der Waals surface area contributed by atoms with Gasteiger partial charge in [0.1, 0.15) is 6.54 Å². The molecule has 132 valence electrons. The number of nitrogens with one attached hydrogen (secondary N) is 1. The van der Waals surface area contributed by atoms with Gasteiger partial charge in [-0.15, -0.1) is 0 Å². The number of guanidine groups is 1. The highest BCUT2D eigenvalue weighted by Gasteiger charge is 2.27. The summed E-state index contributed by atoms with van der Waals surface area (Å²) in [5.74, 6) is 0.748. The van der Waals surface area contributed by atoms with Gasteiger partial charge in [-0.3, -0.25) is 19.5 Å². The molecule has 1 fully saturated rings. The van der Waals surface area contributed by atoms with Gasteiger partial charge in [0.15, 0.2) is 5.96 Å². The number of piperazine rings is 1. The van der Waals surface area contributed by atoms with E-state index >= 15 is 0 Å². The van der Waals surface area contributed by atoms with E-state index in [0.29, 0.717) is 25.6 Å². The number of carbonyl (C=O) groups excluding carboxylic acids is 1. The molecule has 0 aromatic carbocycles. The number of aryl methyl sites for hydroxylation is 2. The van der Waals surface area contributed by atoms with Gasteiger partial charge in [0, 0.05) is 39.1 Å². The molecule has 3 heterocycles. The summed E-state index contributed by atoms with van der Waals surface area (Å²) >= 11 is 0. The second kappa shape index (κ2) is 7.33. The van der Waals surface area contributed by atoms with Crippen LogP contribution in [0, 0.1) is 6.92 Å². The van der Waals surface area contributed by atoms with Gasteiger partial charge < -0.3 is 15.1 Å². The van der Waals surface area contributed by atoms with Crippen LogP contribution in [0.1, 0.15) is 11.4 Å². The molecule has 1 N–H and O–H groups in total. The molecular formula is C17H23N7O. The molecule has 0 bridgehead atoms. The van der Waals surface area contributed by atoms with Gasteiger partial charge in [-0.1, -0.05) is 6.07 Å². The zero-order valence-electron chi connectivity index (χ0n) is 14.8. The molecule has 8 heteroatoms. The number of hydrogen-bond acceptors (Lipinski definition) is 4.